The van der Waals surface area contributed by atoms with E-state index in [2.05, 4.69) is 44.3 Å². The maximum absolute atomic E-state index is 12.1. The molecular weight excluding hydrogens is 376 g/mol. The van der Waals surface area contributed by atoms with Crippen LogP contribution in [0.2, 0.25) is 0 Å². The number of benzene rings is 2. The molecule has 0 saturated carbocycles. The molecule has 130 valence electrons. The SMILES string of the molecule is O=C(C=Cc1ccc(Br)cc1)NCc1ccccc1CN1CCCC1. The van der Waals surface area contributed by atoms with E-state index in [-0.39, 0.29) is 5.91 Å². The Morgan fingerprint density at radius 1 is 1.04 bits per heavy atom. The van der Waals surface area contributed by atoms with Crippen LogP contribution in [-0.4, -0.2) is 23.9 Å². The molecule has 0 radical (unpaired) electrons. The zero-order valence-electron chi connectivity index (χ0n) is 14.2. The van der Waals surface area contributed by atoms with Gasteiger partial charge in [-0.05, 0) is 60.8 Å². The first kappa shape index (κ1) is 17.9. The predicted octanol–water partition coefficient (Wildman–Crippen LogP) is 4.37. The van der Waals surface area contributed by atoms with Gasteiger partial charge < -0.3 is 5.32 Å². The van der Waals surface area contributed by atoms with Gasteiger partial charge in [-0.3, -0.25) is 9.69 Å². The second kappa shape index (κ2) is 8.97. The maximum Gasteiger partial charge on any atom is 0.244 e. The number of rotatable bonds is 6. The summed E-state index contributed by atoms with van der Waals surface area (Å²) in [5, 5.41) is 2.99. The number of hydrogen-bond donors (Lipinski definition) is 1. The summed E-state index contributed by atoms with van der Waals surface area (Å²) >= 11 is 3.41. The van der Waals surface area contributed by atoms with Crippen LogP contribution in [0.5, 0.6) is 0 Å². The summed E-state index contributed by atoms with van der Waals surface area (Å²) in [6.07, 6.45) is 6.00. The van der Waals surface area contributed by atoms with Crippen LogP contribution in [-0.2, 0) is 17.9 Å². The van der Waals surface area contributed by atoms with E-state index in [0.717, 1.165) is 16.6 Å². The zero-order chi connectivity index (χ0) is 17.5. The third kappa shape index (κ3) is 5.55. The minimum Gasteiger partial charge on any atom is -0.348 e. The Balaban J connectivity index is 1.55. The van der Waals surface area contributed by atoms with Crippen molar-refractivity contribution >= 4 is 27.9 Å². The molecule has 0 aliphatic carbocycles. The number of nitrogens with zero attached hydrogens (tertiary/aromatic N) is 1. The van der Waals surface area contributed by atoms with Crippen LogP contribution in [0, 0.1) is 0 Å². The average molecular weight is 399 g/mol. The number of hydrogen-bond acceptors (Lipinski definition) is 2. The Labute approximate surface area is 157 Å². The van der Waals surface area contributed by atoms with E-state index >= 15 is 0 Å². The van der Waals surface area contributed by atoms with Gasteiger partial charge in [0.25, 0.3) is 0 Å². The molecule has 2 aromatic rings. The monoisotopic (exact) mass is 398 g/mol. The van der Waals surface area contributed by atoms with Crippen molar-refractivity contribution in [3.8, 4) is 0 Å². The Morgan fingerprint density at radius 2 is 1.72 bits per heavy atom. The van der Waals surface area contributed by atoms with Crippen molar-refractivity contribution in [1.82, 2.24) is 10.2 Å². The molecule has 1 heterocycles. The smallest absolute Gasteiger partial charge is 0.244 e. The van der Waals surface area contributed by atoms with Gasteiger partial charge in [-0.25, -0.2) is 0 Å². The van der Waals surface area contributed by atoms with Crippen molar-refractivity contribution in [3.05, 3.63) is 75.8 Å². The third-order valence-corrected chi connectivity index (χ3v) is 4.99. The van der Waals surface area contributed by atoms with Crippen molar-refractivity contribution in [3.63, 3.8) is 0 Å². The van der Waals surface area contributed by atoms with Crippen molar-refractivity contribution in [2.75, 3.05) is 13.1 Å². The first-order valence-electron chi connectivity index (χ1n) is 8.71. The molecule has 0 atom stereocenters. The fourth-order valence-corrected chi connectivity index (χ4v) is 3.32. The van der Waals surface area contributed by atoms with Crippen LogP contribution < -0.4 is 5.32 Å². The van der Waals surface area contributed by atoms with Crippen LogP contribution >= 0.6 is 15.9 Å². The molecule has 3 nitrogen and oxygen atoms in total. The number of likely N-dealkylation sites (tertiary alicyclic amines) is 1. The van der Waals surface area contributed by atoms with Gasteiger partial charge in [-0.15, -0.1) is 0 Å². The Kier molecular flexibility index (Phi) is 6.42. The Hall–Kier alpha value is -1.91. The lowest BCUT2D eigenvalue weighted by Gasteiger charge is -2.17. The van der Waals surface area contributed by atoms with E-state index in [4.69, 9.17) is 0 Å². The van der Waals surface area contributed by atoms with E-state index in [1.54, 1.807) is 6.08 Å². The summed E-state index contributed by atoms with van der Waals surface area (Å²) < 4.78 is 1.03. The maximum atomic E-state index is 12.1. The largest absolute Gasteiger partial charge is 0.348 e. The highest BCUT2D eigenvalue weighted by Crippen LogP contribution is 2.16. The van der Waals surface area contributed by atoms with Gasteiger partial charge in [-0.2, -0.15) is 0 Å². The first-order chi connectivity index (χ1) is 12.2. The first-order valence-corrected chi connectivity index (χ1v) is 9.50. The molecule has 0 unspecified atom stereocenters. The summed E-state index contributed by atoms with van der Waals surface area (Å²) in [7, 11) is 0. The van der Waals surface area contributed by atoms with Crippen molar-refractivity contribution < 1.29 is 4.79 Å². The predicted molar refractivity (Wildman–Crippen MR) is 106 cm³/mol. The van der Waals surface area contributed by atoms with E-state index < -0.39 is 0 Å². The van der Waals surface area contributed by atoms with Gasteiger partial charge in [-0.1, -0.05) is 52.3 Å². The summed E-state index contributed by atoms with van der Waals surface area (Å²) in [5.41, 5.74) is 3.51. The minimum atomic E-state index is -0.0705. The topological polar surface area (TPSA) is 32.3 Å². The molecule has 1 aliphatic rings. The molecule has 1 fully saturated rings. The Morgan fingerprint density at radius 3 is 2.44 bits per heavy atom. The molecule has 25 heavy (non-hydrogen) atoms. The number of amides is 1. The number of carbonyl (C=O) groups excluding carboxylic acids is 1. The summed E-state index contributed by atoms with van der Waals surface area (Å²) in [4.78, 5) is 14.6. The standard InChI is InChI=1S/C21H23BrN2O/c22-20-10-7-17(8-11-20)9-12-21(25)23-15-18-5-1-2-6-19(18)16-24-13-3-4-14-24/h1-2,5-12H,3-4,13-16H2,(H,23,25). The summed E-state index contributed by atoms with van der Waals surface area (Å²) in [6, 6.07) is 16.2. The number of carbonyl (C=O) groups is 1. The van der Waals surface area contributed by atoms with E-state index in [0.29, 0.717) is 6.54 Å². The number of halogens is 1. The average Bonchev–Trinajstić information content (AvgIpc) is 3.13. The van der Waals surface area contributed by atoms with Gasteiger partial charge in [0.2, 0.25) is 5.91 Å². The molecule has 1 saturated heterocycles. The normalized spacial score (nSPS) is 14.9. The van der Waals surface area contributed by atoms with Gasteiger partial charge in [0, 0.05) is 23.6 Å². The van der Waals surface area contributed by atoms with Crippen LogP contribution in [0.25, 0.3) is 6.08 Å². The van der Waals surface area contributed by atoms with Crippen LogP contribution in [0.15, 0.2) is 59.1 Å². The molecule has 4 heteroatoms. The lowest BCUT2D eigenvalue weighted by molar-refractivity contribution is -0.116. The zero-order valence-corrected chi connectivity index (χ0v) is 15.8. The van der Waals surface area contributed by atoms with Gasteiger partial charge in [0.1, 0.15) is 0 Å². The lowest BCUT2D eigenvalue weighted by Crippen LogP contribution is -2.23. The van der Waals surface area contributed by atoms with Crippen LogP contribution in [0.4, 0.5) is 0 Å². The molecule has 0 aromatic heterocycles. The van der Waals surface area contributed by atoms with E-state index in [1.165, 1.54) is 37.1 Å². The quantitative estimate of drug-likeness (QED) is 0.732. The summed E-state index contributed by atoms with van der Waals surface area (Å²) in [6.45, 7) is 3.89. The van der Waals surface area contributed by atoms with Crippen LogP contribution in [0.1, 0.15) is 29.5 Å². The number of nitrogens with one attached hydrogen (secondary N) is 1. The van der Waals surface area contributed by atoms with Crippen LogP contribution in [0.3, 0.4) is 0 Å². The highest BCUT2D eigenvalue weighted by atomic mass is 79.9. The molecule has 1 N–H and O–H groups in total. The molecular formula is C21H23BrN2O. The van der Waals surface area contributed by atoms with E-state index in [9.17, 15) is 4.79 Å². The Bertz CT molecular complexity index is 734. The fraction of sp³-hybridized carbons (Fsp3) is 0.286. The highest BCUT2D eigenvalue weighted by Gasteiger charge is 2.13. The van der Waals surface area contributed by atoms with Crippen molar-refractivity contribution in [2.24, 2.45) is 0 Å². The highest BCUT2D eigenvalue weighted by molar-refractivity contribution is 9.10. The fourth-order valence-electron chi connectivity index (χ4n) is 3.05. The molecule has 1 aliphatic heterocycles. The van der Waals surface area contributed by atoms with Crippen molar-refractivity contribution in [1.29, 1.82) is 0 Å². The minimum absolute atomic E-state index is 0.0705. The molecule has 0 spiro atoms. The van der Waals surface area contributed by atoms with Gasteiger partial charge >= 0.3 is 0 Å². The van der Waals surface area contributed by atoms with Gasteiger partial charge in [0.15, 0.2) is 0 Å². The lowest BCUT2D eigenvalue weighted by atomic mass is 10.1. The van der Waals surface area contributed by atoms with Crippen molar-refractivity contribution in [2.45, 2.75) is 25.9 Å². The van der Waals surface area contributed by atoms with Gasteiger partial charge in [0.05, 0.1) is 0 Å². The second-order valence-electron chi connectivity index (χ2n) is 6.35. The van der Waals surface area contributed by atoms with E-state index in [1.807, 2.05) is 36.4 Å². The molecule has 2 aromatic carbocycles. The molecule has 1 amide bonds. The second-order valence-corrected chi connectivity index (χ2v) is 7.27. The third-order valence-electron chi connectivity index (χ3n) is 4.46. The molecule has 0 bridgehead atoms. The summed E-state index contributed by atoms with van der Waals surface area (Å²) in [5.74, 6) is -0.0705. The molecule has 3 rings (SSSR count).